The van der Waals surface area contributed by atoms with Gasteiger partial charge in [0.05, 0.1) is 18.5 Å². The van der Waals surface area contributed by atoms with Crippen molar-refractivity contribution in [2.45, 2.75) is 44.0 Å². The van der Waals surface area contributed by atoms with Crippen molar-refractivity contribution in [3.05, 3.63) is 27.7 Å². The first-order valence-electron chi connectivity index (χ1n) is 8.79. The van der Waals surface area contributed by atoms with Crippen LogP contribution in [0.4, 0.5) is 0 Å². The van der Waals surface area contributed by atoms with Crippen molar-refractivity contribution in [2.75, 3.05) is 31.6 Å². The van der Waals surface area contributed by atoms with Crippen molar-refractivity contribution in [1.29, 1.82) is 0 Å². The summed E-state index contributed by atoms with van der Waals surface area (Å²) in [7, 11) is -3.18. The van der Waals surface area contributed by atoms with E-state index in [1.54, 1.807) is 10.7 Å². The highest BCUT2D eigenvalue weighted by atomic mass is 32.2. The van der Waals surface area contributed by atoms with Crippen LogP contribution in [-0.2, 0) is 28.7 Å². The van der Waals surface area contributed by atoms with Gasteiger partial charge in [0.1, 0.15) is 0 Å². The number of piperidine rings is 1. The van der Waals surface area contributed by atoms with Crippen molar-refractivity contribution in [3.8, 4) is 0 Å². The zero-order valence-corrected chi connectivity index (χ0v) is 16.2. The van der Waals surface area contributed by atoms with Crippen molar-refractivity contribution in [1.82, 2.24) is 19.4 Å². The van der Waals surface area contributed by atoms with E-state index in [0.717, 1.165) is 61.5 Å². The third-order valence-corrected chi connectivity index (χ3v) is 6.53. The first kappa shape index (κ1) is 18.9. The number of nitrogens with one attached hydrogen (secondary N) is 1. The highest BCUT2D eigenvalue weighted by Crippen LogP contribution is 2.21. The lowest BCUT2D eigenvalue weighted by Crippen LogP contribution is -2.48. The summed E-state index contributed by atoms with van der Waals surface area (Å²) in [6, 6.07) is 1.92. The molecule has 1 saturated heterocycles. The Morgan fingerprint density at radius 1 is 1.36 bits per heavy atom. The van der Waals surface area contributed by atoms with Gasteiger partial charge in [-0.25, -0.2) is 17.8 Å². The monoisotopic (exact) mass is 386 g/mol. The number of aryl methyl sites for hydroxylation is 1. The van der Waals surface area contributed by atoms with Crippen LogP contribution in [-0.4, -0.2) is 60.8 Å². The number of thioether (sulfide) groups is 1. The van der Waals surface area contributed by atoms with E-state index >= 15 is 0 Å². The smallest absolute Gasteiger partial charge is 0.267 e. The quantitative estimate of drug-likeness (QED) is 0.764. The number of rotatable bonds is 6. The Balaban J connectivity index is 1.64. The number of aromatic nitrogens is 2. The lowest BCUT2D eigenvalue weighted by molar-refractivity contribution is 0.142. The average Bonchev–Trinajstić information content (AvgIpc) is 2.58. The number of sulfonamides is 1. The summed E-state index contributed by atoms with van der Waals surface area (Å²) in [5.41, 5.74) is 2.09. The summed E-state index contributed by atoms with van der Waals surface area (Å²) in [6.07, 6.45) is 5.31. The minimum atomic E-state index is -3.18. The van der Waals surface area contributed by atoms with Crippen LogP contribution in [0.2, 0.25) is 0 Å². The molecule has 0 bridgehead atoms. The molecule has 2 aliphatic rings. The molecule has 0 radical (unpaired) electrons. The SMILES string of the molecule is CS(=O)(=O)NCC1CCCCN1CCn1nc2c(cc1=O)CSCC2. The summed E-state index contributed by atoms with van der Waals surface area (Å²) < 4.78 is 26.9. The fraction of sp³-hybridized carbons (Fsp3) is 0.750. The Morgan fingerprint density at radius 2 is 2.20 bits per heavy atom. The molecule has 9 heteroatoms. The van der Waals surface area contributed by atoms with Gasteiger partial charge in [0.25, 0.3) is 5.56 Å². The third-order valence-electron chi connectivity index (χ3n) is 4.83. The average molecular weight is 387 g/mol. The fourth-order valence-electron chi connectivity index (χ4n) is 3.47. The van der Waals surface area contributed by atoms with Crippen molar-refractivity contribution < 1.29 is 8.42 Å². The van der Waals surface area contributed by atoms with Gasteiger partial charge in [0.15, 0.2) is 0 Å². The Kier molecular flexibility index (Phi) is 6.19. The summed E-state index contributed by atoms with van der Waals surface area (Å²) in [5, 5.41) is 4.56. The molecule has 2 aliphatic heterocycles. The van der Waals surface area contributed by atoms with Crippen LogP contribution in [0.1, 0.15) is 30.5 Å². The molecule has 0 saturated carbocycles. The number of fused-ring (bicyclic) bond motifs is 1. The van der Waals surface area contributed by atoms with Gasteiger partial charge in [0, 0.05) is 37.4 Å². The zero-order chi connectivity index (χ0) is 17.9. The highest BCUT2D eigenvalue weighted by molar-refractivity contribution is 7.98. The normalized spacial score (nSPS) is 21.9. The van der Waals surface area contributed by atoms with Crippen LogP contribution in [0.3, 0.4) is 0 Å². The predicted molar refractivity (Wildman–Crippen MR) is 100 cm³/mol. The van der Waals surface area contributed by atoms with Gasteiger partial charge in [-0.2, -0.15) is 16.9 Å². The van der Waals surface area contributed by atoms with E-state index in [-0.39, 0.29) is 11.6 Å². The minimum Gasteiger partial charge on any atom is -0.297 e. The van der Waals surface area contributed by atoms with Crippen LogP contribution in [0, 0.1) is 0 Å². The molecule has 0 spiro atoms. The van der Waals surface area contributed by atoms with E-state index in [0.29, 0.717) is 13.1 Å². The number of hydrogen-bond acceptors (Lipinski definition) is 6. The van der Waals surface area contributed by atoms with Gasteiger partial charge < -0.3 is 0 Å². The second kappa shape index (κ2) is 8.20. The maximum atomic E-state index is 12.3. The van der Waals surface area contributed by atoms with Crippen LogP contribution in [0.5, 0.6) is 0 Å². The lowest BCUT2D eigenvalue weighted by Gasteiger charge is -2.35. The zero-order valence-electron chi connectivity index (χ0n) is 14.6. The molecule has 25 heavy (non-hydrogen) atoms. The van der Waals surface area contributed by atoms with Crippen LogP contribution < -0.4 is 10.3 Å². The molecule has 140 valence electrons. The molecule has 1 aromatic heterocycles. The maximum Gasteiger partial charge on any atom is 0.267 e. The molecule has 7 nitrogen and oxygen atoms in total. The summed E-state index contributed by atoms with van der Waals surface area (Å²) >= 11 is 1.84. The van der Waals surface area contributed by atoms with Crippen molar-refractivity contribution in [3.63, 3.8) is 0 Å². The standard InChI is InChI=1S/C16H26N4O3S2/c1-25(22,23)17-11-14-4-2-3-6-19(14)7-8-20-16(21)10-13-12-24-9-5-15(13)18-20/h10,14,17H,2-9,11-12H2,1H3. The first-order chi connectivity index (χ1) is 11.9. The molecule has 1 N–H and O–H groups in total. The molecule has 3 rings (SSSR count). The molecule has 1 aromatic rings. The second-order valence-corrected chi connectivity index (χ2v) is 9.72. The molecule has 3 heterocycles. The van der Waals surface area contributed by atoms with Crippen LogP contribution in [0.25, 0.3) is 0 Å². The van der Waals surface area contributed by atoms with Gasteiger partial charge >= 0.3 is 0 Å². The molecule has 1 atom stereocenters. The summed E-state index contributed by atoms with van der Waals surface area (Å²) in [4.78, 5) is 14.6. The molecular formula is C16H26N4O3S2. The van der Waals surface area contributed by atoms with E-state index in [9.17, 15) is 13.2 Å². The number of nitrogens with zero attached hydrogens (tertiary/aromatic N) is 3. The number of hydrogen-bond donors (Lipinski definition) is 1. The van der Waals surface area contributed by atoms with Gasteiger partial charge in [0.2, 0.25) is 10.0 Å². The van der Waals surface area contributed by atoms with Gasteiger partial charge in [-0.15, -0.1) is 0 Å². The molecule has 0 amide bonds. The molecule has 0 aromatic carbocycles. The Labute approximate surface area is 153 Å². The summed E-state index contributed by atoms with van der Waals surface area (Å²) in [6.45, 7) is 2.64. The van der Waals surface area contributed by atoms with Crippen molar-refractivity contribution in [2.24, 2.45) is 0 Å². The third kappa shape index (κ3) is 5.29. The van der Waals surface area contributed by atoms with Gasteiger partial charge in [-0.1, -0.05) is 6.42 Å². The maximum absolute atomic E-state index is 12.3. The highest BCUT2D eigenvalue weighted by Gasteiger charge is 2.23. The Morgan fingerprint density at radius 3 is 3.00 bits per heavy atom. The van der Waals surface area contributed by atoms with E-state index < -0.39 is 10.0 Å². The molecular weight excluding hydrogens is 360 g/mol. The summed E-state index contributed by atoms with van der Waals surface area (Å²) in [5.74, 6) is 1.94. The fourth-order valence-corrected chi connectivity index (χ4v) is 4.92. The van der Waals surface area contributed by atoms with E-state index in [4.69, 9.17) is 0 Å². The minimum absolute atomic E-state index is 0.0379. The largest absolute Gasteiger partial charge is 0.297 e. The Bertz CT molecular complexity index is 763. The second-order valence-electron chi connectivity index (χ2n) is 6.79. The van der Waals surface area contributed by atoms with Crippen molar-refractivity contribution >= 4 is 21.8 Å². The molecule has 1 fully saturated rings. The topological polar surface area (TPSA) is 84.3 Å². The van der Waals surface area contributed by atoms with Crippen LogP contribution in [0.15, 0.2) is 10.9 Å². The molecule has 0 aliphatic carbocycles. The first-order valence-corrected chi connectivity index (χ1v) is 11.8. The Hall–Kier alpha value is -0.900. The molecule has 1 unspecified atom stereocenters. The van der Waals surface area contributed by atoms with E-state index in [2.05, 4.69) is 14.7 Å². The lowest BCUT2D eigenvalue weighted by atomic mass is 10.0. The van der Waals surface area contributed by atoms with Crippen LogP contribution >= 0.6 is 11.8 Å². The van der Waals surface area contributed by atoms with Gasteiger partial charge in [-0.3, -0.25) is 9.69 Å². The van der Waals surface area contributed by atoms with E-state index in [1.165, 1.54) is 6.26 Å². The van der Waals surface area contributed by atoms with E-state index in [1.807, 2.05) is 11.8 Å². The predicted octanol–water partition coefficient (Wildman–Crippen LogP) is 0.436. The van der Waals surface area contributed by atoms with Gasteiger partial charge in [-0.05, 0) is 30.7 Å². The number of likely N-dealkylation sites (tertiary alicyclic amines) is 1.